The molecule has 98 valence electrons. The van der Waals surface area contributed by atoms with Gasteiger partial charge in [-0.1, -0.05) is 18.2 Å². The number of carbonyl (C=O) groups is 1. The molecule has 0 bridgehead atoms. The second-order valence-corrected chi connectivity index (χ2v) is 4.17. The van der Waals surface area contributed by atoms with Crippen LogP contribution >= 0.6 is 0 Å². The molecule has 5 nitrogen and oxygen atoms in total. The van der Waals surface area contributed by atoms with Gasteiger partial charge < -0.3 is 10.0 Å². The fourth-order valence-corrected chi connectivity index (χ4v) is 1.59. The maximum Gasteiger partial charge on any atom is 0.323 e. The van der Waals surface area contributed by atoms with Crippen LogP contribution < -0.4 is 5.32 Å². The number of phenolic OH excluding ortho intramolecular Hbond substituents is 1. The molecule has 2 aromatic rings. The van der Waals surface area contributed by atoms with E-state index in [1.165, 1.54) is 0 Å². The lowest BCUT2D eigenvalue weighted by Gasteiger charge is -2.17. The Hall–Kier alpha value is -2.56. The number of carbonyl (C=O) groups excluding carboxylic acids is 1. The molecule has 2 rings (SSSR count). The molecule has 1 heterocycles. The van der Waals surface area contributed by atoms with Crippen molar-refractivity contribution in [3.8, 4) is 5.75 Å². The highest BCUT2D eigenvalue weighted by molar-refractivity contribution is 5.87. The molecule has 2 amide bonds. The van der Waals surface area contributed by atoms with Gasteiger partial charge in [-0.25, -0.2) is 9.78 Å². The first-order valence-electron chi connectivity index (χ1n) is 5.86. The molecule has 0 aliphatic carbocycles. The van der Waals surface area contributed by atoms with Crippen molar-refractivity contribution in [2.24, 2.45) is 0 Å². The monoisotopic (exact) mass is 257 g/mol. The van der Waals surface area contributed by atoms with E-state index in [-0.39, 0.29) is 11.8 Å². The largest absolute Gasteiger partial charge is 0.508 e. The van der Waals surface area contributed by atoms with Crippen molar-refractivity contribution in [1.29, 1.82) is 0 Å². The summed E-state index contributed by atoms with van der Waals surface area (Å²) >= 11 is 0. The van der Waals surface area contributed by atoms with Crippen LogP contribution in [0.15, 0.2) is 48.7 Å². The number of benzene rings is 1. The van der Waals surface area contributed by atoms with Gasteiger partial charge in [0.25, 0.3) is 0 Å². The first-order chi connectivity index (χ1) is 9.15. The van der Waals surface area contributed by atoms with Crippen LogP contribution in [0.2, 0.25) is 0 Å². The number of rotatable bonds is 3. The number of amides is 2. The smallest absolute Gasteiger partial charge is 0.323 e. The minimum Gasteiger partial charge on any atom is -0.508 e. The van der Waals surface area contributed by atoms with Crippen LogP contribution in [-0.2, 0) is 6.54 Å². The summed E-state index contributed by atoms with van der Waals surface area (Å²) in [7, 11) is 1.70. The molecule has 0 saturated carbocycles. The normalized spacial score (nSPS) is 9.95. The van der Waals surface area contributed by atoms with Crippen molar-refractivity contribution in [1.82, 2.24) is 9.88 Å². The van der Waals surface area contributed by atoms with Crippen LogP contribution in [0.1, 0.15) is 5.56 Å². The molecule has 0 radical (unpaired) electrons. The van der Waals surface area contributed by atoms with Crippen molar-refractivity contribution in [2.75, 3.05) is 12.4 Å². The lowest BCUT2D eigenvalue weighted by Crippen LogP contribution is -2.31. The Morgan fingerprint density at radius 3 is 2.63 bits per heavy atom. The van der Waals surface area contributed by atoms with Gasteiger partial charge in [-0.3, -0.25) is 5.32 Å². The molecule has 2 N–H and O–H groups in total. The van der Waals surface area contributed by atoms with Crippen molar-refractivity contribution in [3.05, 3.63) is 54.2 Å². The van der Waals surface area contributed by atoms with Gasteiger partial charge in [-0.05, 0) is 29.8 Å². The second-order valence-electron chi connectivity index (χ2n) is 4.17. The summed E-state index contributed by atoms with van der Waals surface area (Å²) < 4.78 is 0. The summed E-state index contributed by atoms with van der Waals surface area (Å²) in [6.45, 7) is 0.457. The number of aromatic hydroxyl groups is 1. The quantitative estimate of drug-likeness (QED) is 0.887. The van der Waals surface area contributed by atoms with E-state index in [0.29, 0.717) is 12.4 Å². The molecular formula is C14H15N3O2. The highest BCUT2D eigenvalue weighted by Gasteiger charge is 2.09. The van der Waals surface area contributed by atoms with Crippen molar-refractivity contribution in [2.45, 2.75) is 6.54 Å². The zero-order valence-electron chi connectivity index (χ0n) is 10.6. The first kappa shape index (κ1) is 12.9. The van der Waals surface area contributed by atoms with E-state index < -0.39 is 0 Å². The van der Waals surface area contributed by atoms with E-state index in [1.807, 2.05) is 6.07 Å². The van der Waals surface area contributed by atoms with Crippen LogP contribution in [0.4, 0.5) is 10.6 Å². The molecular weight excluding hydrogens is 242 g/mol. The number of hydrogen-bond acceptors (Lipinski definition) is 3. The molecule has 1 aromatic heterocycles. The zero-order chi connectivity index (χ0) is 13.7. The summed E-state index contributed by atoms with van der Waals surface area (Å²) in [5.74, 6) is 0.731. The van der Waals surface area contributed by atoms with Gasteiger partial charge in [0.2, 0.25) is 0 Å². The standard InChI is InChI=1S/C14H15N3O2/c1-17(10-11-5-7-12(18)8-6-11)14(19)16-13-4-2-3-9-15-13/h2-9,18H,10H2,1H3,(H,15,16,19). The molecule has 0 fully saturated rings. The van der Waals surface area contributed by atoms with Crippen LogP contribution in [-0.4, -0.2) is 28.1 Å². The summed E-state index contributed by atoms with van der Waals surface area (Å²) in [5.41, 5.74) is 0.941. The molecule has 1 aromatic carbocycles. The highest BCUT2D eigenvalue weighted by atomic mass is 16.3. The van der Waals surface area contributed by atoms with E-state index in [1.54, 1.807) is 54.5 Å². The summed E-state index contributed by atoms with van der Waals surface area (Å²) in [6.07, 6.45) is 1.62. The predicted octanol–water partition coefficient (Wildman–Crippen LogP) is 2.45. The molecule has 5 heteroatoms. The maximum atomic E-state index is 11.9. The maximum absolute atomic E-state index is 11.9. The fourth-order valence-electron chi connectivity index (χ4n) is 1.59. The Morgan fingerprint density at radius 2 is 2.00 bits per heavy atom. The SMILES string of the molecule is CN(Cc1ccc(O)cc1)C(=O)Nc1ccccn1. The van der Waals surface area contributed by atoms with Crippen molar-refractivity contribution >= 4 is 11.8 Å². The summed E-state index contributed by atoms with van der Waals surface area (Å²) in [6, 6.07) is 11.8. The fraction of sp³-hybridized carbons (Fsp3) is 0.143. The lowest BCUT2D eigenvalue weighted by molar-refractivity contribution is 0.220. The van der Waals surface area contributed by atoms with Crippen LogP contribution in [0.3, 0.4) is 0 Å². The number of pyridine rings is 1. The first-order valence-corrected chi connectivity index (χ1v) is 5.86. The molecule has 0 saturated heterocycles. The van der Waals surface area contributed by atoms with E-state index in [4.69, 9.17) is 0 Å². The molecule has 0 aliphatic rings. The number of hydrogen-bond donors (Lipinski definition) is 2. The zero-order valence-corrected chi connectivity index (χ0v) is 10.6. The van der Waals surface area contributed by atoms with Gasteiger partial charge in [-0.2, -0.15) is 0 Å². The van der Waals surface area contributed by atoms with Gasteiger partial charge in [0, 0.05) is 19.8 Å². The Balaban J connectivity index is 1.94. The van der Waals surface area contributed by atoms with Crippen LogP contribution in [0.5, 0.6) is 5.75 Å². The van der Waals surface area contributed by atoms with E-state index in [0.717, 1.165) is 5.56 Å². The number of phenols is 1. The summed E-state index contributed by atoms with van der Waals surface area (Å²) in [5, 5.41) is 11.9. The van der Waals surface area contributed by atoms with E-state index in [2.05, 4.69) is 10.3 Å². The van der Waals surface area contributed by atoms with Crippen LogP contribution in [0, 0.1) is 0 Å². The van der Waals surface area contributed by atoms with Gasteiger partial charge in [0.1, 0.15) is 11.6 Å². The van der Waals surface area contributed by atoms with E-state index >= 15 is 0 Å². The van der Waals surface area contributed by atoms with E-state index in [9.17, 15) is 9.90 Å². The van der Waals surface area contributed by atoms with Gasteiger partial charge in [-0.15, -0.1) is 0 Å². The van der Waals surface area contributed by atoms with Gasteiger partial charge in [0.15, 0.2) is 0 Å². The topological polar surface area (TPSA) is 65.5 Å². The Kier molecular flexibility index (Phi) is 3.97. The molecule has 19 heavy (non-hydrogen) atoms. The van der Waals surface area contributed by atoms with Gasteiger partial charge >= 0.3 is 6.03 Å². The molecule has 0 spiro atoms. The number of urea groups is 1. The van der Waals surface area contributed by atoms with Gasteiger partial charge in [0.05, 0.1) is 0 Å². The highest BCUT2D eigenvalue weighted by Crippen LogP contribution is 2.11. The lowest BCUT2D eigenvalue weighted by atomic mass is 10.2. The molecule has 0 atom stereocenters. The number of anilines is 1. The minimum atomic E-state index is -0.230. The van der Waals surface area contributed by atoms with Crippen molar-refractivity contribution in [3.63, 3.8) is 0 Å². The summed E-state index contributed by atoms with van der Waals surface area (Å²) in [4.78, 5) is 17.5. The average molecular weight is 257 g/mol. The Morgan fingerprint density at radius 1 is 1.26 bits per heavy atom. The molecule has 0 aliphatic heterocycles. The third-order valence-electron chi connectivity index (χ3n) is 2.60. The van der Waals surface area contributed by atoms with Crippen LogP contribution in [0.25, 0.3) is 0 Å². The average Bonchev–Trinajstić information content (AvgIpc) is 2.42. The molecule has 0 unspecified atom stereocenters. The second kappa shape index (κ2) is 5.86. The number of nitrogens with zero attached hydrogens (tertiary/aromatic N) is 2. The Labute approximate surface area is 111 Å². The van der Waals surface area contributed by atoms with Crippen molar-refractivity contribution < 1.29 is 9.90 Å². The minimum absolute atomic E-state index is 0.212. The third kappa shape index (κ3) is 3.70. The number of nitrogens with one attached hydrogen (secondary N) is 1. The predicted molar refractivity (Wildman–Crippen MR) is 72.8 cm³/mol. The third-order valence-corrected chi connectivity index (χ3v) is 2.60. The Bertz CT molecular complexity index is 540. The number of aromatic nitrogens is 1.